The molecule has 0 atom stereocenters. The topological polar surface area (TPSA) is 82.1 Å². The molecule has 1 amide bonds. The van der Waals surface area contributed by atoms with E-state index >= 15 is 0 Å². The number of benzene rings is 2. The van der Waals surface area contributed by atoms with Crippen LogP contribution in [-0.2, 0) is 16.8 Å². The van der Waals surface area contributed by atoms with Crippen molar-refractivity contribution in [2.75, 3.05) is 26.2 Å². The molecule has 0 aliphatic heterocycles. The molecule has 25 heavy (non-hydrogen) atoms. The van der Waals surface area contributed by atoms with Gasteiger partial charge in [-0.15, -0.1) is 13.1 Å². The van der Waals surface area contributed by atoms with E-state index < -0.39 is 0 Å². The van der Waals surface area contributed by atoms with Crippen LogP contribution in [0.2, 0.25) is 0 Å². The zero-order valence-corrected chi connectivity index (χ0v) is 14.9. The summed E-state index contributed by atoms with van der Waals surface area (Å²) in [6, 6.07) is 15.7. The van der Waals surface area contributed by atoms with Gasteiger partial charge in [-0.3, -0.25) is 4.79 Å². The molecule has 2 aromatic carbocycles. The van der Waals surface area contributed by atoms with Gasteiger partial charge in [0.25, 0.3) is 5.91 Å². The fraction of sp³-hybridized carbons (Fsp3) is 0.263. The van der Waals surface area contributed by atoms with Crippen LogP contribution in [0.3, 0.4) is 0 Å². The van der Waals surface area contributed by atoms with E-state index in [2.05, 4.69) is 21.7 Å². The van der Waals surface area contributed by atoms with Gasteiger partial charge in [-0.05, 0) is 24.7 Å². The minimum atomic E-state index is -0.0952. The number of para-hydroxylation sites is 2. The Morgan fingerprint density at radius 1 is 1.08 bits per heavy atom. The van der Waals surface area contributed by atoms with Gasteiger partial charge in [0.2, 0.25) is 0 Å². The molecule has 0 fully saturated rings. The van der Waals surface area contributed by atoms with Gasteiger partial charge in [-0.25, -0.2) is 4.98 Å². The Bertz CT molecular complexity index is 853. The minimum Gasteiger partial charge on any atom is -0.661 e. The third-order valence-corrected chi connectivity index (χ3v) is 3.86. The van der Waals surface area contributed by atoms with E-state index in [-0.39, 0.29) is 22.7 Å². The van der Waals surface area contributed by atoms with E-state index in [1.807, 2.05) is 42.5 Å². The van der Waals surface area contributed by atoms with Gasteiger partial charge in [0, 0.05) is 17.3 Å². The molecule has 0 bridgehead atoms. The summed E-state index contributed by atoms with van der Waals surface area (Å²) in [5, 5.41) is 9.25. The van der Waals surface area contributed by atoms with E-state index in [4.69, 9.17) is 5.73 Å². The van der Waals surface area contributed by atoms with Crippen LogP contribution in [0.5, 0.6) is 0 Å². The molecule has 1 heterocycles. The third kappa shape index (κ3) is 4.76. The second-order valence-corrected chi connectivity index (χ2v) is 5.63. The van der Waals surface area contributed by atoms with Crippen molar-refractivity contribution in [3.63, 3.8) is 0 Å². The van der Waals surface area contributed by atoms with Crippen molar-refractivity contribution in [2.45, 2.75) is 6.42 Å². The van der Waals surface area contributed by atoms with Crippen LogP contribution in [0.15, 0.2) is 48.5 Å². The Hall–Kier alpha value is -1.99. The summed E-state index contributed by atoms with van der Waals surface area (Å²) < 4.78 is 0. The molecular formula is C19H21CoN4O+2. The molecule has 6 heteroatoms. The normalized spacial score (nSPS) is 10.6. The summed E-state index contributed by atoms with van der Waals surface area (Å²) in [6.07, 6.45) is 0.812. The summed E-state index contributed by atoms with van der Waals surface area (Å²) >= 11 is 0. The maximum atomic E-state index is 12.5. The zero-order chi connectivity index (χ0) is 16.8. The summed E-state index contributed by atoms with van der Waals surface area (Å²) in [6.45, 7) is 2.56. The van der Waals surface area contributed by atoms with Gasteiger partial charge in [-0.1, -0.05) is 36.8 Å². The van der Waals surface area contributed by atoms with Gasteiger partial charge in [0.05, 0.1) is 16.6 Å². The number of carbonyl (C=O) groups is 1. The van der Waals surface area contributed by atoms with Gasteiger partial charge >= 0.3 is 16.8 Å². The van der Waals surface area contributed by atoms with Crippen LogP contribution in [0.4, 0.5) is 0 Å². The smallest absolute Gasteiger partial charge is 0.661 e. The molecule has 1 aromatic heterocycles. The Kier molecular flexibility index (Phi) is 7.33. The average molecular weight is 380 g/mol. The quantitative estimate of drug-likeness (QED) is 0.489. The number of carbonyl (C=O) groups excluding carboxylic acids is 1. The van der Waals surface area contributed by atoms with Crippen molar-refractivity contribution in [2.24, 2.45) is 5.73 Å². The second kappa shape index (κ2) is 9.48. The molecule has 0 saturated carbocycles. The average Bonchev–Trinajstić information content (AvgIpc) is 2.62. The van der Waals surface area contributed by atoms with E-state index in [0.29, 0.717) is 25.2 Å². The maximum absolute atomic E-state index is 12.5. The number of nitrogens with one attached hydrogen (secondary N) is 1. The van der Waals surface area contributed by atoms with E-state index in [1.165, 1.54) is 0 Å². The van der Waals surface area contributed by atoms with Crippen LogP contribution < -0.4 is 11.1 Å². The van der Waals surface area contributed by atoms with Gasteiger partial charge in [-0.2, -0.15) is 0 Å². The number of fused-ring (bicyclic) bond motifs is 2. The number of hydrogen-bond acceptors (Lipinski definition) is 3. The summed E-state index contributed by atoms with van der Waals surface area (Å²) in [5.41, 5.74) is 7.63. The molecule has 3 N–H and O–H groups in total. The van der Waals surface area contributed by atoms with Crippen LogP contribution in [0, 0.1) is 0 Å². The van der Waals surface area contributed by atoms with Gasteiger partial charge in [0.1, 0.15) is 0 Å². The predicted octanol–water partition coefficient (Wildman–Crippen LogP) is 2.84. The molecule has 3 rings (SSSR count). The summed E-state index contributed by atoms with van der Waals surface area (Å²) in [7, 11) is 0. The molecule has 130 valence electrons. The first-order valence-corrected chi connectivity index (χ1v) is 8.19. The molecule has 0 unspecified atom stereocenters. The fourth-order valence-electron chi connectivity index (χ4n) is 2.68. The van der Waals surface area contributed by atoms with Crippen LogP contribution in [-0.4, -0.2) is 37.1 Å². The third-order valence-electron chi connectivity index (χ3n) is 3.86. The van der Waals surface area contributed by atoms with Gasteiger partial charge < -0.3 is 16.4 Å². The molecule has 0 radical (unpaired) electrons. The number of nitrogens with zero attached hydrogens (tertiary/aromatic N) is 2. The monoisotopic (exact) mass is 380 g/mol. The van der Waals surface area contributed by atoms with Crippen LogP contribution in [0.1, 0.15) is 16.8 Å². The molecule has 5 nitrogen and oxygen atoms in total. The number of pyridine rings is 1. The predicted molar refractivity (Wildman–Crippen MR) is 98.3 cm³/mol. The summed E-state index contributed by atoms with van der Waals surface area (Å²) in [5.74, 6) is -0.0952. The molecular weight excluding hydrogens is 359 g/mol. The first-order chi connectivity index (χ1) is 11.8. The molecule has 0 spiro atoms. The fourth-order valence-corrected chi connectivity index (χ4v) is 2.68. The van der Waals surface area contributed by atoms with Crippen LogP contribution in [0.25, 0.3) is 27.1 Å². The molecule has 0 saturated heterocycles. The van der Waals surface area contributed by atoms with Crippen molar-refractivity contribution in [1.82, 2.24) is 10.3 Å². The van der Waals surface area contributed by atoms with Crippen molar-refractivity contribution >= 4 is 27.7 Å². The first kappa shape index (κ1) is 19.3. The van der Waals surface area contributed by atoms with E-state index in [0.717, 1.165) is 34.8 Å². The SMILES string of the molecule is NCC[N-]CCCNC(=O)c1cccc2cc3ccccc3nc12.[Co+3]. The first-order valence-electron chi connectivity index (χ1n) is 8.19. The number of nitrogens with two attached hydrogens (primary N) is 1. The van der Waals surface area contributed by atoms with E-state index in [9.17, 15) is 4.79 Å². The number of hydrogen-bond donors (Lipinski definition) is 2. The van der Waals surface area contributed by atoms with Crippen molar-refractivity contribution in [3.8, 4) is 0 Å². The Balaban J connectivity index is 0.00000225. The minimum absolute atomic E-state index is 0. The maximum Gasteiger partial charge on any atom is 3.00 e. The standard InChI is InChI=1S/C19H21N4O.Co/c20-9-12-21-10-4-11-22-19(24)16-7-3-6-15-13-14-5-1-2-8-17(14)23-18(15)16;/h1-3,5-8,13H,4,9-12,20H2,(H,22,24);/q-1;+3. The van der Waals surface area contributed by atoms with Crippen molar-refractivity contribution in [1.29, 1.82) is 0 Å². The Morgan fingerprint density at radius 3 is 2.72 bits per heavy atom. The van der Waals surface area contributed by atoms with Gasteiger partial charge in [0.15, 0.2) is 0 Å². The summed E-state index contributed by atoms with van der Waals surface area (Å²) in [4.78, 5) is 17.2. The van der Waals surface area contributed by atoms with Crippen molar-refractivity contribution < 1.29 is 21.6 Å². The molecule has 3 aromatic rings. The van der Waals surface area contributed by atoms with Crippen LogP contribution >= 0.6 is 0 Å². The Morgan fingerprint density at radius 2 is 1.88 bits per heavy atom. The van der Waals surface area contributed by atoms with E-state index in [1.54, 1.807) is 0 Å². The molecule has 0 aliphatic rings. The Labute approximate surface area is 157 Å². The zero-order valence-electron chi connectivity index (χ0n) is 13.9. The van der Waals surface area contributed by atoms with Crippen molar-refractivity contribution in [3.05, 3.63) is 59.4 Å². The second-order valence-electron chi connectivity index (χ2n) is 5.63. The number of amides is 1. The largest absolute Gasteiger partial charge is 3.00 e. The number of rotatable bonds is 7. The number of aromatic nitrogens is 1. The molecule has 0 aliphatic carbocycles.